The molecule has 0 bridgehead atoms. The highest BCUT2D eigenvalue weighted by molar-refractivity contribution is 6.31. The number of unbranched alkanes of at least 4 members (excludes halogenated alkanes) is 1. The molecule has 3 N–H and O–H groups in total. The van der Waals surface area contributed by atoms with Gasteiger partial charge in [0.2, 0.25) is 5.91 Å². The van der Waals surface area contributed by atoms with Crippen LogP contribution in [0.5, 0.6) is 0 Å². The van der Waals surface area contributed by atoms with Crippen molar-refractivity contribution >= 4 is 23.2 Å². The highest BCUT2D eigenvalue weighted by atomic mass is 35.5. The third kappa shape index (κ3) is 2.36. The van der Waals surface area contributed by atoms with Gasteiger partial charge in [0, 0.05) is 10.7 Å². The van der Waals surface area contributed by atoms with Crippen molar-refractivity contribution < 1.29 is 4.79 Å². The second-order valence-electron chi connectivity index (χ2n) is 4.07. The van der Waals surface area contributed by atoms with Crippen LogP contribution in [0.25, 0.3) is 0 Å². The molecule has 3 nitrogen and oxygen atoms in total. The maximum absolute atomic E-state index is 11.3. The van der Waals surface area contributed by atoms with Crippen LogP contribution in [0.4, 0.5) is 5.69 Å². The van der Waals surface area contributed by atoms with E-state index in [-0.39, 0.29) is 5.91 Å². The average molecular weight is 239 g/mol. The Balaban J connectivity index is 2.21. The molecule has 1 amide bonds. The van der Waals surface area contributed by atoms with E-state index in [2.05, 4.69) is 5.32 Å². The number of carbonyl (C=O) groups excluding carboxylic acids is 1. The standard InChI is InChI=1S/C12H15ClN2O/c13-10-5-8(3-1-2-4-14)12-9(6-10)7-11(16)15-12/h5-6H,1-4,7,14H2,(H,15,16). The number of amides is 1. The van der Waals surface area contributed by atoms with Crippen molar-refractivity contribution in [1.29, 1.82) is 0 Å². The van der Waals surface area contributed by atoms with E-state index in [1.165, 1.54) is 0 Å². The molecule has 0 aromatic heterocycles. The third-order valence-electron chi connectivity index (χ3n) is 2.78. The van der Waals surface area contributed by atoms with Gasteiger partial charge in [-0.05, 0) is 49.1 Å². The number of nitrogens with one attached hydrogen (secondary N) is 1. The summed E-state index contributed by atoms with van der Waals surface area (Å²) in [7, 11) is 0. The van der Waals surface area contributed by atoms with Crippen molar-refractivity contribution in [3.63, 3.8) is 0 Å². The van der Waals surface area contributed by atoms with Crippen LogP contribution in [0, 0.1) is 0 Å². The number of rotatable bonds is 4. The van der Waals surface area contributed by atoms with Gasteiger partial charge in [0.25, 0.3) is 0 Å². The Kier molecular flexibility index (Phi) is 3.46. The monoisotopic (exact) mass is 238 g/mol. The van der Waals surface area contributed by atoms with Crippen molar-refractivity contribution in [2.75, 3.05) is 11.9 Å². The van der Waals surface area contributed by atoms with E-state index < -0.39 is 0 Å². The van der Waals surface area contributed by atoms with Gasteiger partial charge in [-0.15, -0.1) is 0 Å². The SMILES string of the molecule is NCCCCc1cc(Cl)cc2c1NC(=O)C2. The molecule has 0 fully saturated rings. The first-order valence-corrected chi connectivity index (χ1v) is 5.89. The van der Waals surface area contributed by atoms with Crippen LogP contribution in [-0.2, 0) is 17.6 Å². The van der Waals surface area contributed by atoms with Gasteiger partial charge >= 0.3 is 0 Å². The Morgan fingerprint density at radius 3 is 2.94 bits per heavy atom. The molecule has 16 heavy (non-hydrogen) atoms. The number of benzene rings is 1. The molecule has 0 saturated heterocycles. The number of hydrogen-bond donors (Lipinski definition) is 2. The zero-order valence-corrected chi connectivity index (χ0v) is 9.81. The van der Waals surface area contributed by atoms with E-state index in [1.807, 2.05) is 12.1 Å². The molecule has 0 radical (unpaired) electrons. The minimum Gasteiger partial charge on any atom is -0.330 e. The molecule has 1 aliphatic rings. The molecule has 0 aliphatic carbocycles. The second-order valence-corrected chi connectivity index (χ2v) is 4.51. The molecule has 1 aromatic carbocycles. The molecule has 1 heterocycles. The van der Waals surface area contributed by atoms with Crippen LogP contribution in [-0.4, -0.2) is 12.5 Å². The first-order chi connectivity index (χ1) is 7.70. The molecule has 1 aromatic rings. The molecule has 1 aliphatic heterocycles. The predicted molar refractivity (Wildman–Crippen MR) is 65.8 cm³/mol. The molecular weight excluding hydrogens is 224 g/mol. The summed E-state index contributed by atoms with van der Waals surface area (Å²) in [5, 5.41) is 3.60. The van der Waals surface area contributed by atoms with Gasteiger partial charge < -0.3 is 11.1 Å². The minimum atomic E-state index is 0.0531. The van der Waals surface area contributed by atoms with E-state index >= 15 is 0 Å². The lowest BCUT2D eigenvalue weighted by atomic mass is 10.0. The molecule has 86 valence electrons. The number of fused-ring (bicyclic) bond motifs is 1. The van der Waals surface area contributed by atoms with Gasteiger partial charge in [-0.3, -0.25) is 4.79 Å². The van der Waals surface area contributed by atoms with Gasteiger partial charge in [-0.1, -0.05) is 11.6 Å². The van der Waals surface area contributed by atoms with Crippen LogP contribution < -0.4 is 11.1 Å². The van der Waals surface area contributed by atoms with Gasteiger partial charge in [0.05, 0.1) is 6.42 Å². The zero-order valence-electron chi connectivity index (χ0n) is 9.05. The van der Waals surface area contributed by atoms with Crippen LogP contribution >= 0.6 is 11.6 Å². The number of hydrogen-bond acceptors (Lipinski definition) is 2. The maximum Gasteiger partial charge on any atom is 0.228 e. The van der Waals surface area contributed by atoms with E-state index in [4.69, 9.17) is 17.3 Å². The molecular formula is C12H15ClN2O. The minimum absolute atomic E-state index is 0.0531. The summed E-state index contributed by atoms with van der Waals surface area (Å²) < 4.78 is 0. The quantitative estimate of drug-likeness (QED) is 0.790. The average Bonchev–Trinajstić information content (AvgIpc) is 2.58. The largest absolute Gasteiger partial charge is 0.330 e. The van der Waals surface area contributed by atoms with E-state index in [1.54, 1.807) is 0 Å². The molecule has 0 spiro atoms. The lowest BCUT2D eigenvalue weighted by Gasteiger charge is -2.08. The van der Waals surface area contributed by atoms with Crippen molar-refractivity contribution in [3.8, 4) is 0 Å². The van der Waals surface area contributed by atoms with Crippen molar-refractivity contribution in [1.82, 2.24) is 0 Å². The molecule has 2 rings (SSSR count). The summed E-state index contributed by atoms with van der Waals surface area (Å²) in [6, 6.07) is 3.80. The van der Waals surface area contributed by atoms with E-state index in [0.717, 1.165) is 36.1 Å². The van der Waals surface area contributed by atoms with Gasteiger partial charge in [-0.2, -0.15) is 0 Å². The highest BCUT2D eigenvalue weighted by Crippen LogP contribution is 2.31. The normalized spacial score (nSPS) is 13.8. The predicted octanol–water partition coefficient (Wildman–Crippen LogP) is 2.12. The maximum atomic E-state index is 11.3. The van der Waals surface area contributed by atoms with Gasteiger partial charge in [0.1, 0.15) is 0 Å². The first kappa shape index (κ1) is 11.4. The van der Waals surface area contributed by atoms with Gasteiger partial charge in [0.15, 0.2) is 0 Å². The summed E-state index contributed by atoms with van der Waals surface area (Å²) in [5.74, 6) is 0.0531. The van der Waals surface area contributed by atoms with Crippen LogP contribution in [0.1, 0.15) is 24.0 Å². The van der Waals surface area contributed by atoms with Gasteiger partial charge in [-0.25, -0.2) is 0 Å². The summed E-state index contributed by atoms with van der Waals surface area (Å²) >= 11 is 6.03. The fourth-order valence-electron chi connectivity index (χ4n) is 2.04. The van der Waals surface area contributed by atoms with Crippen LogP contribution in [0.15, 0.2) is 12.1 Å². The Morgan fingerprint density at radius 1 is 1.38 bits per heavy atom. The summed E-state index contributed by atoms with van der Waals surface area (Å²) in [4.78, 5) is 11.3. The summed E-state index contributed by atoms with van der Waals surface area (Å²) in [6.45, 7) is 0.703. The lowest BCUT2D eigenvalue weighted by molar-refractivity contribution is -0.115. The first-order valence-electron chi connectivity index (χ1n) is 5.52. The Morgan fingerprint density at radius 2 is 2.19 bits per heavy atom. The fourth-order valence-corrected chi connectivity index (χ4v) is 2.30. The lowest BCUT2D eigenvalue weighted by Crippen LogP contribution is -2.05. The Hall–Kier alpha value is -1.06. The molecule has 0 unspecified atom stereocenters. The third-order valence-corrected chi connectivity index (χ3v) is 3.00. The number of aryl methyl sites for hydroxylation is 1. The van der Waals surface area contributed by atoms with Crippen molar-refractivity contribution in [2.45, 2.75) is 25.7 Å². The molecule has 0 atom stereocenters. The Labute approximate surface area is 100.0 Å². The van der Waals surface area contributed by atoms with E-state index in [9.17, 15) is 4.79 Å². The topological polar surface area (TPSA) is 55.1 Å². The zero-order chi connectivity index (χ0) is 11.5. The smallest absolute Gasteiger partial charge is 0.228 e. The van der Waals surface area contributed by atoms with Crippen molar-refractivity contribution in [3.05, 3.63) is 28.3 Å². The number of anilines is 1. The van der Waals surface area contributed by atoms with Crippen LogP contribution in [0.2, 0.25) is 5.02 Å². The summed E-state index contributed by atoms with van der Waals surface area (Å²) in [5.41, 5.74) is 8.57. The highest BCUT2D eigenvalue weighted by Gasteiger charge is 2.20. The van der Waals surface area contributed by atoms with E-state index in [0.29, 0.717) is 18.0 Å². The number of carbonyl (C=O) groups is 1. The van der Waals surface area contributed by atoms with Crippen LogP contribution in [0.3, 0.4) is 0 Å². The molecule has 4 heteroatoms. The summed E-state index contributed by atoms with van der Waals surface area (Å²) in [6.07, 6.45) is 3.38. The Bertz CT molecular complexity index is 418. The molecule has 0 saturated carbocycles. The van der Waals surface area contributed by atoms with Crippen molar-refractivity contribution in [2.24, 2.45) is 5.73 Å². The second kappa shape index (κ2) is 4.85. The fraction of sp³-hybridized carbons (Fsp3) is 0.417. The number of halogens is 1. The number of nitrogens with two attached hydrogens (primary N) is 1.